The van der Waals surface area contributed by atoms with E-state index < -0.39 is 0 Å². The highest BCUT2D eigenvalue weighted by Crippen LogP contribution is 2.20. The Bertz CT molecular complexity index is 589. The molecule has 1 fully saturated rings. The van der Waals surface area contributed by atoms with E-state index in [1.165, 1.54) is 5.56 Å². The summed E-state index contributed by atoms with van der Waals surface area (Å²) in [5.41, 5.74) is 1.22. The van der Waals surface area contributed by atoms with Crippen molar-refractivity contribution in [3.63, 3.8) is 0 Å². The van der Waals surface area contributed by atoms with Crippen LogP contribution in [-0.2, 0) is 22.6 Å². The van der Waals surface area contributed by atoms with Crippen molar-refractivity contribution < 1.29 is 9.53 Å². The number of hydrogen-bond donors (Lipinski definition) is 0. The Morgan fingerprint density at radius 1 is 1.13 bits per heavy atom. The van der Waals surface area contributed by atoms with Crippen molar-refractivity contribution in [3.05, 3.63) is 58.3 Å². The van der Waals surface area contributed by atoms with Gasteiger partial charge in [-0.25, -0.2) is 0 Å². The van der Waals surface area contributed by atoms with E-state index in [1.807, 2.05) is 40.6 Å². The minimum Gasteiger partial charge on any atom is -0.376 e. The van der Waals surface area contributed by atoms with Gasteiger partial charge in [0.1, 0.15) is 0 Å². The molecule has 2 heterocycles. The first-order chi connectivity index (χ1) is 11.3. The summed E-state index contributed by atoms with van der Waals surface area (Å²) in [5.74, 6) is 0.834. The molecule has 0 saturated carbocycles. The summed E-state index contributed by atoms with van der Waals surface area (Å²) in [5, 5.41) is 2.03. The number of carbonyl (C=O) groups excluding carboxylic acids is 1. The molecule has 0 aliphatic carbocycles. The molecule has 1 saturated heterocycles. The monoisotopic (exact) mass is 329 g/mol. The van der Waals surface area contributed by atoms with Crippen LogP contribution in [0.25, 0.3) is 0 Å². The summed E-state index contributed by atoms with van der Waals surface area (Å²) < 4.78 is 5.84. The van der Waals surface area contributed by atoms with Crippen LogP contribution in [0.1, 0.15) is 23.3 Å². The molecule has 1 aliphatic heterocycles. The minimum absolute atomic E-state index is 0.260. The highest BCUT2D eigenvalue weighted by Gasteiger charge is 2.23. The molecule has 0 atom stereocenters. The van der Waals surface area contributed by atoms with Crippen molar-refractivity contribution in [1.29, 1.82) is 0 Å². The van der Waals surface area contributed by atoms with Gasteiger partial charge < -0.3 is 9.64 Å². The fraction of sp³-hybridized carbons (Fsp3) is 0.421. The number of hydrogen-bond acceptors (Lipinski definition) is 3. The molecule has 23 heavy (non-hydrogen) atoms. The lowest BCUT2D eigenvalue weighted by Crippen LogP contribution is -2.40. The summed E-state index contributed by atoms with van der Waals surface area (Å²) in [6.07, 6.45) is 2.64. The predicted molar refractivity (Wildman–Crippen MR) is 93.4 cm³/mol. The first-order valence-corrected chi connectivity index (χ1v) is 9.11. The third-order valence-corrected chi connectivity index (χ3v) is 5.21. The van der Waals surface area contributed by atoms with Crippen LogP contribution in [-0.4, -0.2) is 30.5 Å². The number of benzene rings is 1. The third kappa shape index (κ3) is 4.91. The normalized spacial score (nSPS) is 15.7. The van der Waals surface area contributed by atoms with Crippen LogP contribution in [0, 0.1) is 5.92 Å². The molecule has 3 rings (SSSR count). The number of ether oxygens (including phenoxy) is 1. The molecule has 0 N–H and O–H groups in total. The zero-order chi connectivity index (χ0) is 15.9. The fourth-order valence-corrected chi connectivity index (χ4v) is 3.64. The Morgan fingerprint density at radius 3 is 2.61 bits per heavy atom. The van der Waals surface area contributed by atoms with Crippen molar-refractivity contribution in [1.82, 2.24) is 4.90 Å². The quantitative estimate of drug-likeness (QED) is 0.808. The standard InChI is InChI=1S/C19H23NO2S/c21-19(13-18-7-4-12-23-18)20-10-8-17(9-11-20)15-22-14-16-5-2-1-3-6-16/h1-7,12,17H,8-11,13-15H2. The molecule has 0 spiro atoms. The third-order valence-electron chi connectivity index (χ3n) is 4.34. The number of likely N-dealkylation sites (tertiary alicyclic amines) is 1. The van der Waals surface area contributed by atoms with Crippen molar-refractivity contribution in [2.45, 2.75) is 25.9 Å². The van der Waals surface area contributed by atoms with E-state index >= 15 is 0 Å². The van der Waals surface area contributed by atoms with Crippen LogP contribution in [0.4, 0.5) is 0 Å². The molecule has 3 nitrogen and oxygen atoms in total. The van der Waals surface area contributed by atoms with E-state index in [1.54, 1.807) is 11.3 Å². The molecule has 0 radical (unpaired) electrons. The van der Waals surface area contributed by atoms with Crippen LogP contribution in [0.15, 0.2) is 47.8 Å². The molecule has 1 amide bonds. The summed E-state index contributed by atoms with van der Waals surface area (Å²) in [6, 6.07) is 14.3. The van der Waals surface area contributed by atoms with Gasteiger partial charge in [-0.1, -0.05) is 36.4 Å². The minimum atomic E-state index is 0.260. The van der Waals surface area contributed by atoms with Crippen molar-refractivity contribution in [2.75, 3.05) is 19.7 Å². The Balaban J connectivity index is 1.36. The lowest BCUT2D eigenvalue weighted by atomic mass is 9.97. The number of thiophene rings is 1. The zero-order valence-corrected chi connectivity index (χ0v) is 14.1. The van der Waals surface area contributed by atoms with Gasteiger partial charge >= 0.3 is 0 Å². The summed E-state index contributed by atoms with van der Waals surface area (Å²) >= 11 is 1.66. The Kier molecular flexibility index (Phi) is 5.83. The molecule has 1 aromatic heterocycles. The molecule has 0 unspecified atom stereocenters. The number of nitrogens with zero attached hydrogens (tertiary/aromatic N) is 1. The van der Waals surface area contributed by atoms with Gasteiger partial charge in [0.15, 0.2) is 0 Å². The van der Waals surface area contributed by atoms with E-state index in [-0.39, 0.29) is 5.91 Å². The SMILES string of the molecule is O=C(Cc1cccs1)N1CCC(COCc2ccccc2)CC1. The molecule has 122 valence electrons. The second-order valence-corrected chi connectivity index (χ2v) is 7.11. The molecule has 0 bridgehead atoms. The van der Waals surface area contributed by atoms with Gasteiger partial charge in [-0.2, -0.15) is 0 Å². The second kappa shape index (κ2) is 8.27. The van der Waals surface area contributed by atoms with Crippen LogP contribution < -0.4 is 0 Å². The largest absolute Gasteiger partial charge is 0.376 e. The molecular weight excluding hydrogens is 306 g/mol. The highest BCUT2D eigenvalue weighted by atomic mass is 32.1. The van der Waals surface area contributed by atoms with Gasteiger partial charge in [0.2, 0.25) is 5.91 Å². The lowest BCUT2D eigenvalue weighted by molar-refractivity contribution is -0.132. The van der Waals surface area contributed by atoms with E-state index in [0.29, 0.717) is 18.9 Å². The van der Waals surface area contributed by atoms with Crippen molar-refractivity contribution in [3.8, 4) is 0 Å². The van der Waals surface area contributed by atoms with E-state index in [4.69, 9.17) is 4.74 Å². The maximum atomic E-state index is 12.3. The number of amides is 1. The zero-order valence-electron chi connectivity index (χ0n) is 13.3. The van der Waals surface area contributed by atoms with Gasteiger partial charge in [-0.3, -0.25) is 4.79 Å². The van der Waals surface area contributed by atoms with Crippen LogP contribution in [0.5, 0.6) is 0 Å². The topological polar surface area (TPSA) is 29.5 Å². The molecule has 4 heteroatoms. The van der Waals surface area contributed by atoms with Gasteiger partial charge in [0.05, 0.1) is 13.0 Å². The molecule has 2 aromatic rings. The number of rotatable bonds is 6. The van der Waals surface area contributed by atoms with Gasteiger partial charge in [-0.05, 0) is 35.8 Å². The Hall–Kier alpha value is -1.65. The maximum absolute atomic E-state index is 12.3. The predicted octanol–water partition coefficient (Wildman–Crippen LogP) is 3.75. The fourth-order valence-electron chi connectivity index (χ4n) is 2.94. The smallest absolute Gasteiger partial charge is 0.227 e. The van der Waals surface area contributed by atoms with Gasteiger partial charge in [0.25, 0.3) is 0 Å². The van der Waals surface area contributed by atoms with Crippen LogP contribution in [0.2, 0.25) is 0 Å². The van der Waals surface area contributed by atoms with Gasteiger partial charge in [0, 0.05) is 24.6 Å². The highest BCUT2D eigenvalue weighted by molar-refractivity contribution is 7.10. The average molecular weight is 329 g/mol. The van der Waals surface area contributed by atoms with Gasteiger partial charge in [-0.15, -0.1) is 11.3 Å². The van der Waals surface area contributed by atoms with E-state index in [9.17, 15) is 4.79 Å². The Labute approximate surface area is 141 Å². The summed E-state index contributed by atoms with van der Waals surface area (Å²) in [4.78, 5) is 15.4. The number of carbonyl (C=O) groups is 1. The summed E-state index contributed by atoms with van der Waals surface area (Å²) in [7, 11) is 0. The summed E-state index contributed by atoms with van der Waals surface area (Å²) in [6.45, 7) is 3.20. The van der Waals surface area contributed by atoms with Crippen LogP contribution in [0.3, 0.4) is 0 Å². The van der Waals surface area contributed by atoms with Crippen molar-refractivity contribution in [2.24, 2.45) is 5.92 Å². The number of piperidine rings is 1. The lowest BCUT2D eigenvalue weighted by Gasteiger charge is -2.32. The van der Waals surface area contributed by atoms with Crippen molar-refractivity contribution >= 4 is 17.2 Å². The molecule has 1 aliphatic rings. The first kappa shape index (κ1) is 16.2. The maximum Gasteiger partial charge on any atom is 0.227 e. The van der Waals surface area contributed by atoms with E-state index in [0.717, 1.165) is 37.4 Å². The first-order valence-electron chi connectivity index (χ1n) is 8.23. The van der Waals surface area contributed by atoms with E-state index in [2.05, 4.69) is 12.1 Å². The Morgan fingerprint density at radius 2 is 1.91 bits per heavy atom. The molecule has 1 aromatic carbocycles. The second-order valence-electron chi connectivity index (χ2n) is 6.08. The average Bonchev–Trinajstić information content (AvgIpc) is 3.09. The van der Waals surface area contributed by atoms with Crippen LogP contribution >= 0.6 is 11.3 Å². The molecular formula is C19H23NO2S.